The largest absolute Gasteiger partial charge is 0.378 e. The maximum Gasteiger partial charge on any atom is 0.0642 e. The number of aliphatic imine (C=N–C) groups is 1. The summed E-state index contributed by atoms with van der Waals surface area (Å²) in [5, 5.41) is 0. The quantitative estimate of drug-likeness (QED) is 0.304. The minimum atomic E-state index is 0.789. The Morgan fingerprint density at radius 2 is 1.66 bits per heavy atom. The third-order valence-corrected chi connectivity index (χ3v) is 6.88. The highest BCUT2D eigenvalue weighted by Gasteiger charge is 2.25. The van der Waals surface area contributed by atoms with E-state index in [9.17, 15) is 0 Å². The number of anilines is 1. The smallest absolute Gasteiger partial charge is 0.0642 e. The van der Waals surface area contributed by atoms with Crippen molar-refractivity contribution in [1.29, 1.82) is 0 Å². The molecule has 0 radical (unpaired) electrons. The zero-order valence-corrected chi connectivity index (χ0v) is 21.2. The van der Waals surface area contributed by atoms with E-state index in [1.165, 1.54) is 31.7 Å². The van der Waals surface area contributed by atoms with Crippen LogP contribution < -0.4 is 4.90 Å². The van der Waals surface area contributed by atoms with Crippen LogP contribution in [0.4, 0.5) is 11.4 Å². The Labute approximate surface area is 205 Å². The SMILES string of the molecule is CCN(CC)c1ccc(/C=C2/CCC(C=Nc3ccc(I)cc3)=C2N2CCOCC2)cc1. The molecule has 2 aliphatic rings. The van der Waals surface area contributed by atoms with Gasteiger partial charge in [0.25, 0.3) is 0 Å². The van der Waals surface area contributed by atoms with Gasteiger partial charge in [-0.05, 0) is 108 Å². The number of allylic oxidation sites excluding steroid dienone is 2. The summed E-state index contributed by atoms with van der Waals surface area (Å²) in [4.78, 5) is 9.66. The lowest BCUT2D eigenvalue weighted by molar-refractivity contribution is 0.0548. The zero-order valence-electron chi connectivity index (χ0n) is 19.1. The van der Waals surface area contributed by atoms with E-state index in [0.717, 1.165) is 57.9 Å². The van der Waals surface area contributed by atoms with Gasteiger partial charge >= 0.3 is 0 Å². The lowest BCUT2D eigenvalue weighted by Crippen LogP contribution is -2.36. The van der Waals surface area contributed by atoms with Gasteiger partial charge in [0, 0.05) is 47.3 Å². The van der Waals surface area contributed by atoms with Crippen molar-refractivity contribution in [2.75, 3.05) is 44.3 Å². The molecule has 1 fully saturated rings. The van der Waals surface area contributed by atoms with Gasteiger partial charge in [-0.2, -0.15) is 0 Å². The minimum Gasteiger partial charge on any atom is -0.378 e. The molecule has 168 valence electrons. The molecule has 0 aromatic heterocycles. The van der Waals surface area contributed by atoms with Crippen LogP contribution in [0, 0.1) is 3.57 Å². The maximum absolute atomic E-state index is 5.62. The molecule has 32 heavy (non-hydrogen) atoms. The normalized spacial score (nSPS) is 18.2. The molecular formula is C27H32IN3O. The van der Waals surface area contributed by atoms with E-state index in [4.69, 9.17) is 9.73 Å². The van der Waals surface area contributed by atoms with Crippen molar-refractivity contribution in [1.82, 2.24) is 4.90 Å². The van der Waals surface area contributed by atoms with Gasteiger partial charge in [-0.15, -0.1) is 0 Å². The van der Waals surface area contributed by atoms with E-state index < -0.39 is 0 Å². The van der Waals surface area contributed by atoms with E-state index in [1.54, 1.807) is 0 Å². The molecule has 0 atom stereocenters. The first-order valence-electron chi connectivity index (χ1n) is 11.6. The average molecular weight is 541 g/mol. The third kappa shape index (κ3) is 5.62. The van der Waals surface area contributed by atoms with Gasteiger partial charge in [-0.3, -0.25) is 4.99 Å². The fourth-order valence-electron chi connectivity index (χ4n) is 4.42. The molecule has 2 aromatic carbocycles. The summed E-state index contributed by atoms with van der Waals surface area (Å²) in [5.41, 5.74) is 7.65. The minimum absolute atomic E-state index is 0.789. The molecule has 4 nitrogen and oxygen atoms in total. The Morgan fingerprint density at radius 3 is 2.31 bits per heavy atom. The summed E-state index contributed by atoms with van der Waals surface area (Å²) in [6.45, 7) is 9.93. The third-order valence-electron chi connectivity index (χ3n) is 6.16. The number of hydrogen-bond acceptors (Lipinski definition) is 4. The number of nitrogens with zero attached hydrogens (tertiary/aromatic N) is 3. The second-order valence-corrected chi connectivity index (χ2v) is 9.39. The number of hydrogen-bond donors (Lipinski definition) is 0. The Hall–Kier alpha value is -2.12. The Kier molecular flexibility index (Phi) is 8.03. The fraction of sp³-hybridized carbons (Fsp3) is 0.370. The highest BCUT2D eigenvalue weighted by Crippen LogP contribution is 2.35. The zero-order chi connectivity index (χ0) is 22.3. The first-order valence-corrected chi connectivity index (χ1v) is 12.7. The topological polar surface area (TPSA) is 28.1 Å². The van der Waals surface area contributed by atoms with Crippen LogP contribution in [0.5, 0.6) is 0 Å². The Morgan fingerprint density at radius 1 is 0.969 bits per heavy atom. The van der Waals surface area contributed by atoms with Gasteiger partial charge in [0.2, 0.25) is 0 Å². The number of ether oxygens (including phenoxy) is 1. The highest BCUT2D eigenvalue weighted by atomic mass is 127. The average Bonchev–Trinajstić information content (AvgIpc) is 3.23. The number of benzene rings is 2. The molecule has 0 spiro atoms. The number of morpholine rings is 1. The molecule has 0 amide bonds. The van der Waals surface area contributed by atoms with E-state index in [0.29, 0.717) is 0 Å². The van der Waals surface area contributed by atoms with Crippen LogP contribution in [0.2, 0.25) is 0 Å². The summed E-state index contributed by atoms with van der Waals surface area (Å²) in [6, 6.07) is 17.3. The van der Waals surface area contributed by atoms with Crippen molar-refractivity contribution in [3.63, 3.8) is 0 Å². The van der Waals surface area contributed by atoms with Crippen molar-refractivity contribution in [3.8, 4) is 0 Å². The second-order valence-electron chi connectivity index (χ2n) is 8.14. The molecule has 5 heteroatoms. The van der Waals surface area contributed by atoms with Crippen LogP contribution in [0.3, 0.4) is 0 Å². The fourth-order valence-corrected chi connectivity index (χ4v) is 4.78. The van der Waals surface area contributed by atoms with Crippen LogP contribution in [0.1, 0.15) is 32.3 Å². The molecule has 1 aliphatic heterocycles. The van der Waals surface area contributed by atoms with Crippen LogP contribution in [0.15, 0.2) is 70.4 Å². The van der Waals surface area contributed by atoms with E-state index in [1.807, 2.05) is 0 Å². The predicted octanol–water partition coefficient (Wildman–Crippen LogP) is 6.30. The molecule has 0 saturated carbocycles. The lowest BCUT2D eigenvalue weighted by Gasteiger charge is -2.31. The maximum atomic E-state index is 5.62. The second kappa shape index (κ2) is 11.1. The molecule has 0 N–H and O–H groups in total. The van der Waals surface area contributed by atoms with Gasteiger partial charge in [0.05, 0.1) is 18.9 Å². The molecular weight excluding hydrogens is 509 g/mol. The standard InChI is InChI=1S/C27H32IN3O/c1-3-30(4-2)26-13-5-21(6-14-26)19-22-7-8-23(27(22)31-15-17-32-18-16-31)20-29-25-11-9-24(28)10-12-25/h5-6,9-14,19-20H,3-4,7-8,15-18H2,1-2H3/b22-19-,29-20?. The van der Waals surface area contributed by atoms with Gasteiger partial charge < -0.3 is 14.5 Å². The Balaban J connectivity index is 1.62. The van der Waals surface area contributed by atoms with Crippen LogP contribution >= 0.6 is 22.6 Å². The Bertz CT molecular complexity index is 983. The van der Waals surface area contributed by atoms with Crippen LogP contribution in [-0.2, 0) is 4.74 Å². The van der Waals surface area contributed by atoms with Crippen molar-refractivity contribution in [3.05, 3.63) is 74.5 Å². The van der Waals surface area contributed by atoms with E-state index >= 15 is 0 Å². The summed E-state index contributed by atoms with van der Waals surface area (Å²) >= 11 is 2.33. The van der Waals surface area contributed by atoms with Gasteiger partial charge in [0.1, 0.15) is 0 Å². The first kappa shape index (κ1) is 23.1. The van der Waals surface area contributed by atoms with Gasteiger partial charge in [0.15, 0.2) is 0 Å². The highest BCUT2D eigenvalue weighted by molar-refractivity contribution is 14.1. The summed E-state index contributed by atoms with van der Waals surface area (Å²) in [6.07, 6.45) is 6.53. The van der Waals surface area contributed by atoms with Crippen LogP contribution in [0.25, 0.3) is 6.08 Å². The molecule has 0 unspecified atom stereocenters. The molecule has 1 saturated heterocycles. The first-order chi connectivity index (χ1) is 15.7. The predicted molar refractivity (Wildman–Crippen MR) is 144 cm³/mol. The van der Waals surface area contributed by atoms with Crippen molar-refractivity contribution in [2.24, 2.45) is 4.99 Å². The van der Waals surface area contributed by atoms with E-state index in [2.05, 4.69) is 107 Å². The van der Waals surface area contributed by atoms with Gasteiger partial charge in [-0.25, -0.2) is 0 Å². The number of rotatable bonds is 7. The van der Waals surface area contributed by atoms with Crippen LogP contribution in [-0.4, -0.2) is 50.5 Å². The van der Waals surface area contributed by atoms with Crippen molar-refractivity contribution in [2.45, 2.75) is 26.7 Å². The van der Waals surface area contributed by atoms with E-state index in [-0.39, 0.29) is 0 Å². The monoisotopic (exact) mass is 541 g/mol. The van der Waals surface area contributed by atoms with Gasteiger partial charge in [-0.1, -0.05) is 12.1 Å². The summed E-state index contributed by atoms with van der Waals surface area (Å²) < 4.78 is 6.85. The summed E-state index contributed by atoms with van der Waals surface area (Å²) in [5.74, 6) is 0. The molecule has 0 bridgehead atoms. The van der Waals surface area contributed by atoms with Crippen molar-refractivity contribution < 1.29 is 4.74 Å². The molecule has 1 aliphatic carbocycles. The summed E-state index contributed by atoms with van der Waals surface area (Å²) in [7, 11) is 0. The molecule has 4 rings (SSSR count). The lowest BCUT2D eigenvalue weighted by atomic mass is 10.1. The molecule has 2 aromatic rings. The number of halogens is 1. The molecule has 1 heterocycles. The van der Waals surface area contributed by atoms with Crippen molar-refractivity contribution >= 4 is 46.3 Å².